The molecule has 0 aromatic carbocycles. The van der Waals surface area contributed by atoms with Crippen LogP contribution in [0.3, 0.4) is 0 Å². The van der Waals surface area contributed by atoms with Crippen LogP contribution in [0.1, 0.15) is 13.3 Å². The molecular weight excluding hydrogens is 142 g/mol. The van der Waals surface area contributed by atoms with Gasteiger partial charge in [-0.15, -0.1) is 0 Å². The van der Waals surface area contributed by atoms with Crippen LogP contribution in [0, 0.1) is 0 Å². The average molecular weight is 153 g/mol. The van der Waals surface area contributed by atoms with Gasteiger partial charge in [0, 0.05) is 6.54 Å². The molecule has 60 valence electrons. The summed E-state index contributed by atoms with van der Waals surface area (Å²) in [7, 11) is 0. The molecule has 0 spiro atoms. The summed E-state index contributed by atoms with van der Waals surface area (Å²) in [4.78, 5) is 13.1. The third-order valence-corrected chi connectivity index (χ3v) is 2.12. The van der Waals surface area contributed by atoms with Crippen molar-refractivity contribution in [3.63, 3.8) is 0 Å². The molecule has 0 saturated carbocycles. The Morgan fingerprint density at radius 2 is 2.55 bits per heavy atom. The topological polar surface area (TPSA) is 29.5 Å². The number of carbonyl (C=O) groups is 1. The van der Waals surface area contributed by atoms with Crippen LogP contribution in [0.4, 0.5) is 0 Å². The zero-order chi connectivity index (χ0) is 7.84. The molecule has 3 nitrogen and oxygen atoms in total. The van der Waals surface area contributed by atoms with Crippen LogP contribution >= 0.6 is 0 Å². The standard InChI is InChI=1S/C8H11NO2/c1-6-8(10)9-5-3-2-4-7(9)11-6/h2,4,6-7H,3,5H2,1H3/t6-,7-/m0/s1. The Kier molecular flexibility index (Phi) is 1.46. The first-order valence-electron chi connectivity index (χ1n) is 3.91. The Morgan fingerprint density at radius 1 is 1.73 bits per heavy atom. The lowest BCUT2D eigenvalue weighted by Crippen LogP contribution is -2.35. The molecule has 2 aliphatic heterocycles. The molecule has 11 heavy (non-hydrogen) atoms. The molecule has 1 fully saturated rings. The highest BCUT2D eigenvalue weighted by Crippen LogP contribution is 2.21. The van der Waals surface area contributed by atoms with E-state index in [1.807, 2.05) is 6.08 Å². The van der Waals surface area contributed by atoms with Crippen LogP contribution < -0.4 is 0 Å². The normalized spacial score (nSPS) is 36.1. The minimum atomic E-state index is -0.247. The zero-order valence-electron chi connectivity index (χ0n) is 6.49. The zero-order valence-corrected chi connectivity index (χ0v) is 6.49. The highest BCUT2D eigenvalue weighted by atomic mass is 16.5. The molecule has 3 heteroatoms. The van der Waals surface area contributed by atoms with Crippen LogP contribution in [0.15, 0.2) is 12.2 Å². The van der Waals surface area contributed by atoms with Crippen molar-refractivity contribution in [2.24, 2.45) is 0 Å². The van der Waals surface area contributed by atoms with E-state index in [1.165, 1.54) is 0 Å². The molecule has 0 bridgehead atoms. The summed E-state index contributed by atoms with van der Waals surface area (Å²) >= 11 is 0. The van der Waals surface area contributed by atoms with E-state index in [2.05, 4.69) is 6.08 Å². The summed E-state index contributed by atoms with van der Waals surface area (Å²) in [5.74, 6) is 0.124. The van der Waals surface area contributed by atoms with Gasteiger partial charge in [0.15, 0.2) is 6.23 Å². The van der Waals surface area contributed by atoms with Crippen LogP contribution in [0.2, 0.25) is 0 Å². The average Bonchev–Trinajstić information content (AvgIpc) is 2.30. The molecule has 2 atom stereocenters. The van der Waals surface area contributed by atoms with Gasteiger partial charge in [-0.05, 0) is 19.4 Å². The molecule has 2 aliphatic rings. The molecular formula is C8H11NO2. The molecule has 0 radical (unpaired) electrons. The second-order valence-corrected chi connectivity index (χ2v) is 2.92. The van der Waals surface area contributed by atoms with Crippen molar-refractivity contribution in [3.05, 3.63) is 12.2 Å². The van der Waals surface area contributed by atoms with E-state index >= 15 is 0 Å². The maximum Gasteiger partial charge on any atom is 0.253 e. The van der Waals surface area contributed by atoms with E-state index < -0.39 is 0 Å². The first-order valence-corrected chi connectivity index (χ1v) is 3.91. The predicted molar refractivity (Wildman–Crippen MR) is 39.8 cm³/mol. The van der Waals surface area contributed by atoms with Gasteiger partial charge in [0.05, 0.1) is 0 Å². The first kappa shape index (κ1) is 6.85. The largest absolute Gasteiger partial charge is 0.342 e. The summed E-state index contributed by atoms with van der Waals surface area (Å²) in [5, 5.41) is 0. The summed E-state index contributed by atoms with van der Waals surface area (Å²) in [6.07, 6.45) is 4.64. The molecule has 0 aromatic rings. The summed E-state index contributed by atoms with van der Waals surface area (Å²) in [5.41, 5.74) is 0. The second kappa shape index (κ2) is 2.34. The fraction of sp³-hybridized carbons (Fsp3) is 0.625. The minimum absolute atomic E-state index is 0.0775. The van der Waals surface area contributed by atoms with Gasteiger partial charge in [-0.2, -0.15) is 0 Å². The maximum absolute atomic E-state index is 11.3. The molecule has 0 aliphatic carbocycles. The van der Waals surface area contributed by atoms with E-state index in [0.717, 1.165) is 13.0 Å². The van der Waals surface area contributed by atoms with Gasteiger partial charge in [-0.25, -0.2) is 0 Å². The van der Waals surface area contributed by atoms with Gasteiger partial charge < -0.3 is 9.64 Å². The quantitative estimate of drug-likeness (QED) is 0.475. The minimum Gasteiger partial charge on any atom is -0.342 e. The van der Waals surface area contributed by atoms with E-state index in [-0.39, 0.29) is 18.2 Å². The van der Waals surface area contributed by atoms with Crippen molar-refractivity contribution in [1.82, 2.24) is 4.90 Å². The molecule has 0 unspecified atom stereocenters. The Bertz CT molecular complexity index is 212. The Balaban J connectivity index is 2.21. The monoisotopic (exact) mass is 153 g/mol. The maximum atomic E-state index is 11.3. The molecule has 2 heterocycles. The highest BCUT2D eigenvalue weighted by molar-refractivity contribution is 5.82. The Hall–Kier alpha value is -0.830. The Morgan fingerprint density at radius 3 is 3.27 bits per heavy atom. The van der Waals surface area contributed by atoms with Gasteiger partial charge in [0.25, 0.3) is 5.91 Å². The van der Waals surface area contributed by atoms with Gasteiger partial charge in [-0.3, -0.25) is 4.79 Å². The number of amides is 1. The fourth-order valence-electron chi connectivity index (χ4n) is 1.51. The van der Waals surface area contributed by atoms with Crippen molar-refractivity contribution < 1.29 is 9.53 Å². The van der Waals surface area contributed by atoms with E-state index in [1.54, 1.807) is 11.8 Å². The summed E-state index contributed by atoms with van der Waals surface area (Å²) in [6, 6.07) is 0. The SMILES string of the molecule is C[C@@H]1O[C@H]2C=CCCN2C1=O. The number of hydrogen-bond donors (Lipinski definition) is 0. The smallest absolute Gasteiger partial charge is 0.253 e. The third-order valence-electron chi connectivity index (χ3n) is 2.12. The van der Waals surface area contributed by atoms with Crippen molar-refractivity contribution in [2.75, 3.05) is 6.54 Å². The van der Waals surface area contributed by atoms with Gasteiger partial charge >= 0.3 is 0 Å². The van der Waals surface area contributed by atoms with Crippen molar-refractivity contribution in [3.8, 4) is 0 Å². The van der Waals surface area contributed by atoms with E-state index in [4.69, 9.17) is 4.74 Å². The highest BCUT2D eigenvalue weighted by Gasteiger charge is 2.36. The summed E-state index contributed by atoms with van der Waals surface area (Å²) < 4.78 is 5.37. The van der Waals surface area contributed by atoms with Crippen LogP contribution in [0.5, 0.6) is 0 Å². The molecule has 1 saturated heterocycles. The number of fused-ring (bicyclic) bond motifs is 1. The lowest BCUT2D eigenvalue weighted by Gasteiger charge is -2.22. The third kappa shape index (κ3) is 0.959. The molecule has 0 N–H and O–H groups in total. The molecule has 2 rings (SSSR count). The van der Waals surface area contributed by atoms with Crippen molar-refractivity contribution in [2.45, 2.75) is 25.7 Å². The van der Waals surface area contributed by atoms with E-state index in [9.17, 15) is 4.79 Å². The van der Waals surface area contributed by atoms with E-state index in [0.29, 0.717) is 0 Å². The van der Waals surface area contributed by atoms with Crippen molar-refractivity contribution >= 4 is 5.91 Å². The number of ether oxygens (including phenoxy) is 1. The van der Waals surface area contributed by atoms with Crippen LogP contribution in [0.25, 0.3) is 0 Å². The lowest BCUT2D eigenvalue weighted by molar-refractivity contribution is -0.129. The number of hydrogen-bond acceptors (Lipinski definition) is 2. The fourth-order valence-corrected chi connectivity index (χ4v) is 1.51. The number of nitrogens with zero attached hydrogens (tertiary/aromatic N) is 1. The summed E-state index contributed by atoms with van der Waals surface area (Å²) in [6.45, 7) is 2.61. The van der Waals surface area contributed by atoms with Crippen molar-refractivity contribution in [1.29, 1.82) is 0 Å². The number of rotatable bonds is 0. The predicted octanol–water partition coefficient (Wildman–Crippen LogP) is 0.520. The van der Waals surface area contributed by atoms with Crippen LogP contribution in [-0.2, 0) is 9.53 Å². The first-order chi connectivity index (χ1) is 5.29. The van der Waals surface area contributed by atoms with Crippen LogP contribution in [-0.4, -0.2) is 29.7 Å². The lowest BCUT2D eigenvalue weighted by atomic mass is 10.2. The molecule has 1 amide bonds. The number of carbonyl (C=O) groups excluding carboxylic acids is 1. The van der Waals surface area contributed by atoms with Gasteiger partial charge in [0.1, 0.15) is 6.10 Å². The van der Waals surface area contributed by atoms with Gasteiger partial charge in [-0.1, -0.05) is 6.08 Å². The Labute approximate surface area is 65.6 Å². The molecule has 0 aromatic heterocycles. The second-order valence-electron chi connectivity index (χ2n) is 2.92. The van der Waals surface area contributed by atoms with Gasteiger partial charge in [0.2, 0.25) is 0 Å².